The molecule has 1 atom stereocenters. The van der Waals surface area contributed by atoms with Gasteiger partial charge in [0.1, 0.15) is 6.04 Å². The molecule has 1 amide bonds. The Morgan fingerprint density at radius 1 is 1.05 bits per heavy atom. The molecule has 0 saturated heterocycles. The largest absolute Gasteiger partial charge is 0.374 e. The van der Waals surface area contributed by atoms with Crippen molar-refractivity contribution in [3.05, 3.63) is 58.6 Å². The number of rotatable bonds is 5. The molecular formula is C16H16Cl2N2O. The molecule has 0 aliphatic rings. The maximum atomic E-state index is 12.3. The summed E-state index contributed by atoms with van der Waals surface area (Å²) in [5, 5.41) is 6.99. The van der Waals surface area contributed by atoms with E-state index in [4.69, 9.17) is 23.2 Å². The van der Waals surface area contributed by atoms with Gasteiger partial charge in [0.05, 0.1) is 10.0 Å². The van der Waals surface area contributed by atoms with Crippen molar-refractivity contribution in [2.45, 2.75) is 19.4 Å². The van der Waals surface area contributed by atoms with Crippen LogP contribution < -0.4 is 10.6 Å². The standard InChI is InChI=1S/C16H16Cl2N2O/c1-2-15(16(21)20-11-6-4-3-5-7-11)19-12-8-9-13(17)14(18)10-12/h3-10,15,19H,2H2,1H3,(H,20,21)/t15-/m0/s1. The van der Waals surface area contributed by atoms with Crippen LogP contribution in [0.25, 0.3) is 0 Å². The van der Waals surface area contributed by atoms with Gasteiger partial charge in [-0.3, -0.25) is 4.79 Å². The highest BCUT2D eigenvalue weighted by Crippen LogP contribution is 2.25. The van der Waals surface area contributed by atoms with Gasteiger partial charge in [-0.15, -0.1) is 0 Å². The summed E-state index contributed by atoms with van der Waals surface area (Å²) in [7, 11) is 0. The first-order valence-corrected chi connectivity index (χ1v) is 7.43. The first-order chi connectivity index (χ1) is 10.1. The van der Waals surface area contributed by atoms with Crippen molar-refractivity contribution in [1.82, 2.24) is 0 Å². The zero-order chi connectivity index (χ0) is 15.2. The molecule has 0 radical (unpaired) electrons. The van der Waals surface area contributed by atoms with E-state index in [2.05, 4.69) is 10.6 Å². The van der Waals surface area contributed by atoms with Gasteiger partial charge in [0.15, 0.2) is 0 Å². The van der Waals surface area contributed by atoms with Crippen molar-refractivity contribution in [3.8, 4) is 0 Å². The van der Waals surface area contributed by atoms with Crippen LogP contribution in [0, 0.1) is 0 Å². The first kappa shape index (κ1) is 15.7. The summed E-state index contributed by atoms with van der Waals surface area (Å²) in [6.45, 7) is 1.94. The quantitative estimate of drug-likeness (QED) is 0.828. The van der Waals surface area contributed by atoms with Gasteiger partial charge >= 0.3 is 0 Å². The van der Waals surface area contributed by atoms with E-state index in [0.717, 1.165) is 11.4 Å². The van der Waals surface area contributed by atoms with E-state index < -0.39 is 0 Å². The Labute approximate surface area is 134 Å². The molecule has 0 heterocycles. The van der Waals surface area contributed by atoms with Crippen LogP contribution in [0.1, 0.15) is 13.3 Å². The predicted octanol–water partition coefficient (Wildman–Crippen LogP) is 4.82. The number of para-hydroxylation sites is 1. The number of carbonyl (C=O) groups excluding carboxylic acids is 1. The second-order valence-corrected chi connectivity index (χ2v) is 5.40. The Balaban J connectivity index is 2.05. The van der Waals surface area contributed by atoms with Gasteiger partial charge in [-0.05, 0) is 36.8 Å². The van der Waals surface area contributed by atoms with Crippen molar-refractivity contribution in [2.24, 2.45) is 0 Å². The van der Waals surface area contributed by atoms with E-state index in [1.165, 1.54) is 0 Å². The Bertz CT molecular complexity index is 617. The molecule has 2 aromatic carbocycles. The summed E-state index contributed by atoms with van der Waals surface area (Å²) < 4.78 is 0. The minimum absolute atomic E-state index is 0.0882. The summed E-state index contributed by atoms with van der Waals surface area (Å²) in [6, 6.07) is 14.2. The number of carbonyl (C=O) groups is 1. The molecule has 0 saturated carbocycles. The Kier molecular flexibility index (Phi) is 5.48. The van der Waals surface area contributed by atoms with Crippen molar-refractivity contribution < 1.29 is 4.79 Å². The minimum atomic E-state index is -0.345. The molecule has 0 aliphatic carbocycles. The Hall–Kier alpha value is -1.71. The fraction of sp³-hybridized carbons (Fsp3) is 0.188. The van der Waals surface area contributed by atoms with Crippen LogP contribution in [-0.2, 0) is 4.79 Å². The molecule has 0 aliphatic heterocycles. The van der Waals surface area contributed by atoms with Crippen LogP contribution in [0.15, 0.2) is 48.5 Å². The smallest absolute Gasteiger partial charge is 0.246 e. The Morgan fingerprint density at radius 2 is 1.76 bits per heavy atom. The maximum absolute atomic E-state index is 12.3. The fourth-order valence-corrected chi connectivity index (χ4v) is 2.19. The van der Waals surface area contributed by atoms with Crippen LogP contribution >= 0.6 is 23.2 Å². The molecule has 0 unspecified atom stereocenters. The maximum Gasteiger partial charge on any atom is 0.246 e. The molecule has 21 heavy (non-hydrogen) atoms. The lowest BCUT2D eigenvalue weighted by molar-refractivity contribution is -0.116. The molecule has 3 nitrogen and oxygen atoms in total. The third-order valence-corrected chi connectivity index (χ3v) is 3.77. The van der Waals surface area contributed by atoms with Crippen LogP contribution in [0.3, 0.4) is 0 Å². The predicted molar refractivity (Wildman–Crippen MR) is 89.2 cm³/mol. The lowest BCUT2D eigenvalue weighted by Gasteiger charge is -2.18. The lowest BCUT2D eigenvalue weighted by Crippen LogP contribution is -2.34. The summed E-state index contributed by atoms with van der Waals surface area (Å²) in [4.78, 5) is 12.3. The number of hydrogen-bond donors (Lipinski definition) is 2. The number of halogens is 2. The minimum Gasteiger partial charge on any atom is -0.374 e. The number of nitrogens with one attached hydrogen (secondary N) is 2. The zero-order valence-corrected chi connectivity index (χ0v) is 13.1. The number of anilines is 2. The SMILES string of the molecule is CC[C@H](Nc1ccc(Cl)c(Cl)c1)C(=O)Nc1ccccc1. The summed E-state index contributed by atoms with van der Waals surface area (Å²) >= 11 is 11.9. The van der Waals surface area contributed by atoms with E-state index in [9.17, 15) is 4.79 Å². The van der Waals surface area contributed by atoms with Crippen LogP contribution in [-0.4, -0.2) is 11.9 Å². The monoisotopic (exact) mass is 322 g/mol. The summed E-state index contributed by atoms with van der Waals surface area (Å²) in [5.41, 5.74) is 1.54. The normalized spacial score (nSPS) is 11.8. The van der Waals surface area contributed by atoms with Crippen molar-refractivity contribution in [3.63, 3.8) is 0 Å². The van der Waals surface area contributed by atoms with Gasteiger partial charge in [-0.2, -0.15) is 0 Å². The van der Waals surface area contributed by atoms with E-state index in [-0.39, 0.29) is 11.9 Å². The molecular weight excluding hydrogens is 307 g/mol. The molecule has 0 fully saturated rings. The van der Waals surface area contributed by atoms with Crippen LogP contribution in [0.4, 0.5) is 11.4 Å². The molecule has 5 heteroatoms. The van der Waals surface area contributed by atoms with Gasteiger partial charge in [-0.25, -0.2) is 0 Å². The average Bonchev–Trinajstić information content (AvgIpc) is 2.49. The summed E-state index contributed by atoms with van der Waals surface area (Å²) in [6.07, 6.45) is 0.652. The zero-order valence-electron chi connectivity index (χ0n) is 11.6. The molecule has 110 valence electrons. The fourth-order valence-electron chi connectivity index (χ4n) is 1.89. The van der Waals surface area contributed by atoms with Crippen molar-refractivity contribution >= 4 is 40.5 Å². The van der Waals surface area contributed by atoms with Crippen molar-refractivity contribution in [2.75, 3.05) is 10.6 Å². The van der Waals surface area contributed by atoms with Gasteiger partial charge in [0.25, 0.3) is 0 Å². The number of hydrogen-bond acceptors (Lipinski definition) is 2. The highest BCUT2D eigenvalue weighted by molar-refractivity contribution is 6.42. The van der Waals surface area contributed by atoms with Crippen molar-refractivity contribution in [1.29, 1.82) is 0 Å². The topological polar surface area (TPSA) is 41.1 Å². The molecule has 2 aromatic rings. The number of benzene rings is 2. The molecule has 0 spiro atoms. The average molecular weight is 323 g/mol. The van der Waals surface area contributed by atoms with E-state index in [0.29, 0.717) is 16.5 Å². The van der Waals surface area contributed by atoms with E-state index in [1.807, 2.05) is 37.3 Å². The first-order valence-electron chi connectivity index (χ1n) is 6.67. The molecule has 2 N–H and O–H groups in total. The van der Waals surface area contributed by atoms with E-state index in [1.54, 1.807) is 18.2 Å². The highest BCUT2D eigenvalue weighted by atomic mass is 35.5. The molecule has 0 bridgehead atoms. The lowest BCUT2D eigenvalue weighted by atomic mass is 10.2. The van der Waals surface area contributed by atoms with Crippen LogP contribution in [0.5, 0.6) is 0 Å². The van der Waals surface area contributed by atoms with Gasteiger partial charge in [0.2, 0.25) is 5.91 Å². The molecule has 2 rings (SSSR count). The highest BCUT2D eigenvalue weighted by Gasteiger charge is 2.16. The third-order valence-electron chi connectivity index (χ3n) is 3.03. The second-order valence-electron chi connectivity index (χ2n) is 4.59. The molecule has 0 aromatic heterocycles. The summed E-state index contributed by atoms with van der Waals surface area (Å²) in [5.74, 6) is -0.0882. The van der Waals surface area contributed by atoms with E-state index >= 15 is 0 Å². The van der Waals surface area contributed by atoms with Gasteiger partial charge < -0.3 is 10.6 Å². The third kappa shape index (κ3) is 4.38. The van der Waals surface area contributed by atoms with Gasteiger partial charge in [0, 0.05) is 11.4 Å². The van der Waals surface area contributed by atoms with Gasteiger partial charge in [-0.1, -0.05) is 48.3 Å². The second kappa shape index (κ2) is 7.34. The Morgan fingerprint density at radius 3 is 2.38 bits per heavy atom. The van der Waals surface area contributed by atoms with Crippen LogP contribution in [0.2, 0.25) is 10.0 Å². The number of amides is 1.